The normalized spacial score (nSPS) is 12.5. The molecule has 0 aromatic carbocycles. The molecule has 1 heterocycles. The maximum Gasteiger partial charge on any atom is 0.254 e. The Morgan fingerprint density at radius 2 is 2.69 bits per heavy atom. The molecule has 0 saturated heterocycles. The summed E-state index contributed by atoms with van der Waals surface area (Å²) in [5.41, 5.74) is 5.90. The molecule has 13 heavy (non-hydrogen) atoms. The average molecular weight is 184 g/mol. The molecule has 0 radical (unpaired) electrons. The molecule has 1 rings (SSSR count). The van der Waals surface area contributed by atoms with Gasteiger partial charge >= 0.3 is 0 Å². The second kappa shape index (κ2) is 4.58. The molecule has 1 atom stereocenters. The summed E-state index contributed by atoms with van der Waals surface area (Å²) in [7, 11) is 1.44. The summed E-state index contributed by atoms with van der Waals surface area (Å²) in [6.45, 7) is 0.153. The van der Waals surface area contributed by atoms with Crippen molar-refractivity contribution in [2.45, 2.75) is 6.10 Å². The summed E-state index contributed by atoms with van der Waals surface area (Å²) in [6.07, 6.45) is 2.46. The third kappa shape index (κ3) is 2.53. The Kier molecular flexibility index (Phi) is 3.41. The first-order chi connectivity index (χ1) is 6.27. The van der Waals surface area contributed by atoms with E-state index in [4.69, 9.17) is 10.5 Å². The molecule has 0 bridgehead atoms. The summed E-state index contributed by atoms with van der Waals surface area (Å²) in [4.78, 5) is 11.3. The minimum atomic E-state index is -0.616. The van der Waals surface area contributed by atoms with Crippen molar-refractivity contribution in [3.8, 4) is 0 Å². The maximum atomic E-state index is 11.3. The van der Waals surface area contributed by atoms with Gasteiger partial charge < -0.3 is 15.8 Å². The quantitative estimate of drug-likeness (QED) is 0.578. The van der Waals surface area contributed by atoms with Crippen LogP contribution in [-0.2, 0) is 9.53 Å². The molecule has 0 aliphatic rings. The number of hydrogen-bond acceptors (Lipinski definition) is 4. The molecule has 72 valence electrons. The van der Waals surface area contributed by atoms with Crippen LogP contribution in [0.1, 0.15) is 0 Å². The van der Waals surface area contributed by atoms with Gasteiger partial charge in [-0.2, -0.15) is 5.10 Å². The van der Waals surface area contributed by atoms with Crippen LogP contribution in [0.3, 0.4) is 0 Å². The monoisotopic (exact) mass is 184 g/mol. The molecule has 4 N–H and O–H groups in total. The SMILES string of the molecule is COC(CN)C(=O)Nc1cn[nH]c1. The summed E-state index contributed by atoms with van der Waals surface area (Å²) < 4.78 is 4.84. The lowest BCUT2D eigenvalue weighted by Gasteiger charge is -2.11. The lowest BCUT2D eigenvalue weighted by Crippen LogP contribution is -2.35. The highest BCUT2D eigenvalue weighted by molar-refractivity contribution is 5.94. The molecule has 1 aromatic heterocycles. The van der Waals surface area contributed by atoms with E-state index in [9.17, 15) is 4.79 Å². The topological polar surface area (TPSA) is 93.0 Å². The number of aromatic nitrogens is 2. The van der Waals surface area contributed by atoms with Crippen molar-refractivity contribution in [1.29, 1.82) is 0 Å². The number of nitrogens with one attached hydrogen (secondary N) is 2. The molecule has 0 aliphatic carbocycles. The van der Waals surface area contributed by atoms with Crippen LogP contribution in [0.25, 0.3) is 0 Å². The van der Waals surface area contributed by atoms with Gasteiger partial charge in [0.1, 0.15) is 6.10 Å². The molecule has 0 spiro atoms. The molecule has 0 saturated carbocycles. The largest absolute Gasteiger partial charge is 0.370 e. The Balaban J connectivity index is 2.49. The molecule has 1 amide bonds. The van der Waals surface area contributed by atoms with Gasteiger partial charge in [0.25, 0.3) is 5.91 Å². The van der Waals surface area contributed by atoms with Gasteiger partial charge in [-0.05, 0) is 0 Å². The fourth-order valence-corrected chi connectivity index (χ4v) is 0.852. The summed E-state index contributed by atoms with van der Waals surface area (Å²) in [5.74, 6) is -0.272. The number of nitrogens with two attached hydrogens (primary N) is 1. The molecular formula is C7H12N4O2. The van der Waals surface area contributed by atoms with Crippen molar-refractivity contribution in [3.63, 3.8) is 0 Å². The standard InChI is InChI=1S/C7H12N4O2/c1-13-6(2-8)7(12)11-5-3-9-10-4-5/h3-4,6H,2,8H2,1H3,(H,9,10)(H,11,12). The fraction of sp³-hybridized carbons (Fsp3) is 0.429. The Morgan fingerprint density at radius 1 is 1.92 bits per heavy atom. The highest BCUT2D eigenvalue weighted by Gasteiger charge is 2.15. The van der Waals surface area contributed by atoms with E-state index in [0.717, 1.165) is 0 Å². The van der Waals surface area contributed by atoms with Crippen LogP contribution in [0, 0.1) is 0 Å². The lowest BCUT2D eigenvalue weighted by molar-refractivity contribution is -0.125. The van der Waals surface area contributed by atoms with Gasteiger partial charge in [0, 0.05) is 19.9 Å². The van der Waals surface area contributed by atoms with E-state index < -0.39 is 6.10 Å². The average Bonchev–Trinajstić information content (AvgIpc) is 2.59. The molecule has 1 unspecified atom stereocenters. The smallest absolute Gasteiger partial charge is 0.254 e. The minimum absolute atomic E-state index is 0.153. The summed E-state index contributed by atoms with van der Waals surface area (Å²) in [5, 5.41) is 8.83. The van der Waals surface area contributed by atoms with Gasteiger partial charge in [-0.3, -0.25) is 9.89 Å². The van der Waals surface area contributed by atoms with Crippen LogP contribution in [0.5, 0.6) is 0 Å². The van der Waals surface area contributed by atoms with Gasteiger partial charge in [-0.1, -0.05) is 0 Å². The predicted octanol–water partition coefficient (Wildman–Crippen LogP) is -0.678. The Bertz CT molecular complexity index is 255. The lowest BCUT2D eigenvalue weighted by atomic mass is 10.3. The Hall–Kier alpha value is -1.40. The van der Waals surface area contributed by atoms with Crippen molar-refractivity contribution >= 4 is 11.6 Å². The first kappa shape index (κ1) is 9.69. The highest BCUT2D eigenvalue weighted by atomic mass is 16.5. The van der Waals surface area contributed by atoms with Crippen LogP contribution in [0.4, 0.5) is 5.69 Å². The zero-order valence-corrected chi connectivity index (χ0v) is 7.28. The molecule has 0 fully saturated rings. The molecule has 6 heteroatoms. The number of carbonyl (C=O) groups excluding carboxylic acids is 1. The van der Waals surface area contributed by atoms with Crippen LogP contribution in [-0.4, -0.2) is 35.9 Å². The number of amides is 1. The third-order valence-corrected chi connectivity index (χ3v) is 1.56. The fourth-order valence-electron chi connectivity index (χ4n) is 0.852. The molecule has 1 aromatic rings. The van der Waals surface area contributed by atoms with E-state index >= 15 is 0 Å². The number of rotatable bonds is 4. The van der Waals surface area contributed by atoms with Crippen molar-refractivity contribution in [2.24, 2.45) is 5.73 Å². The second-order valence-electron chi connectivity index (χ2n) is 2.44. The maximum absolute atomic E-state index is 11.3. The number of carbonyl (C=O) groups is 1. The van der Waals surface area contributed by atoms with Crippen molar-refractivity contribution in [1.82, 2.24) is 10.2 Å². The van der Waals surface area contributed by atoms with Gasteiger partial charge in [0.05, 0.1) is 11.9 Å². The van der Waals surface area contributed by atoms with Crippen LogP contribution < -0.4 is 11.1 Å². The van der Waals surface area contributed by atoms with E-state index in [1.54, 1.807) is 6.20 Å². The molecule has 6 nitrogen and oxygen atoms in total. The zero-order chi connectivity index (χ0) is 9.68. The van der Waals surface area contributed by atoms with Crippen molar-refractivity contribution < 1.29 is 9.53 Å². The van der Waals surface area contributed by atoms with Gasteiger partial charge in [0.2, 0.25) is 0 Å². The van der Waals surface area contributed by atoms with Crippen LogP contribution in [0.2, 0.25) is 0 Å². The number of ether oxygens (including phenoxy) is 1. The van der Waals surface area contributed by atoms with E-state index in [1.807, 2.05) is 0 Å². The van der Waals surface area contributed by atoms with E-state index in [-0.39, 0.29) is 12.5 Å². The summed E-state index contributed by atoms with van der Waals surface area (Å²) in [6, 6.07) is 0. The number of hydrogen-bond donors (Lipinski definition) is 3. The summed E-state index contributed by atoms with van der Waals surface area (Å²) >= 11 is 0. The molecule has 0 aliphatic heterocycles. The predicted molar refractivity (Wildman–Crippen MR) is 47.1 cm³/mol. The Labute approximate surface area is 75.5 Å². The zero-order valence-electron chi connectivity index (χ0n) is 7.28. The highest BCUT2D eigenvalue weighted by Crippen LogP contribution is 2.02. The first-order valence-corrected chi connectivity index (χ1v) is 3.80. The number of aromatic amines is 1. The van der Waals surface area contributed by atoms with Gasteiger partial charge in [-0.25, -0.2) is 0 Å². The van der Waals surface area contributed by atoms with E-state index in [1.165, 1.54) is 13.3 Å². The number of nitrogens with zero attached hydrogens (tertiary/aromatic N) is 1. The second-order valence-corrected chi connectivity index (χ2v) is 2.44. The van der Waals surface area contributed by atoms with E-state index in [0.29, 0.717) is 5.69 Å². The Morgan fingerprint density at radius 3 is 3.15 bits per heavy atom. The van der Waals surface area contributed by atoms with Crippen molar-refractivity contribution in [3.05, 3.63) is 12.4 Å². The first-order valence-electron chi connectivity index (χ1n) is 3.80. The number of H-pyrrole nitrogens is 1. The van der Waals surface area contributed by atoms with Crippen LogP contribution >= 0.6 is 0 Å². The van der Waals surface area contributed by atoms with E-state index in [2.05, 4.69) is 15.5 Å². The number of anilines is 1. The van der Waals surface area contributed by atoms with Gasteiger partial charge in [-0.15, -0.1) is 0 Å². The molecular weight excluding hydrogens is 172 g/mol. The van der Waals surface area contributed by atoms with Crippen molar-refractivity contribution in [2.75, 3.05) is 19.0 Å². The van der Waals surface area contributed by atoms with Gasteiger partial charge in [0.15, 0.2) is 0 Å². The number of methoxy groups -OCH3 is 1. The van der Waals surface area contributed by atoms with Crippen LogP contribution in [0.15, 0.2) is 12.4 Å². The third-order valence-electron chi connectivity index (χ3n) is 1.56. The minimum Gasteiger partial charge on any atom is -0.370 e.